The van der Waals surface area contributed by atoms with E-state index in [1.807, 2.05) is 20.8 Å². The zero-order valence-corrected chi connectivity index (χ0v) is 9.17. The Labute approximate surface area is 86.1 Å². The second kappa shape index (κ2) is 11.4. The molecule has 0 bridgehead atoms. The highest BCUT2D eigenvalue weighted by Gasteiger charge is 1.94. The Morgan fingerprint density at radius 2 is 2.00 bits per heavy atom. The molecule has 0 aliphatic rings. The van der Waals surface area contributed by atoms with E-state index < -0.39 is 0 Å². The first-order valence-electron chi connectivity index (χ1n) is 4.53. The maximum Gasteiger partial charge on any atom is 0.0637 e. The van der Waals surface area contributed by atoms with Crippen LogP contribution in [0, 0.1) is 5.41 Å². The summed E-state index contributed by atoms with van der Waals surface area (Å²) in [6.45, 7) is 12.7. The van der Waals surface area contributed by atoms with Crippen LogP contribution in [0.15, 0.2) is 37.7 Å². The molecular weight excluding hydrogens is 174 g/mol. The summed E-state index contributed by atoms with van der Waals surface area (Å²) in [6, 6.07) is 0. The monoisotopic (exact) mass is 193 g/mol. The van der Waals surface area contributed by atoms with E-state index in [0.29, 0.717) is 5.71 Å². The third kappa shape index (κ3) is 7.03. The summed E-state index contributed by atoms with van der Waals surface area (Å²) in [5.41, 5.74) is 1.16. The minimum atomic E-state index is 0.392. The fourth-order valence-electron chi connectivity index (χ4n) is 0.516. The largest absolute Gasteiger partial charge is 0.300 e. The number of hydrogen-bond donors (Lipinski definition) is 2. The van der Waals surface area contributed by atoms with Gasteiger partial charge in [0.05, 0.1) is 11.9 Å². The highest BCUT2D eigenvalue weighted by Crippen LogP contribution is 1.94. The molecule has 0 saturated carbocycles. The van der Waals surface area contributed by atoms with E-state index in [0.717, 1.165) is 5.56 Å². The molecule has 0 atom stereocenters. The van der Waals surface area contributed by atoms with Crippen molar-refractivity contribution in [3.8, 4) is 0 Å². The zero-order chi connectivity index (χ0) is 11.4. The maximum absolute atomic E-state index is 7.22. The predicted octanol–water partition coefficient (Wildman–Crippen LogP) is 3.18. The highest BCUT2D eigenvalue weighted by molar-refractivity contribution is 6.05. The Balaban J connectivity index is 0. The van der Waals surface area contributed by atoms with E-state index in [1.54, 1.807) is 18.5 Å². The van der Waals surface area contributed by atoms with Gasteiger partial charge in [0.15, 0.2) is 0 Å². The van der Waals surface area contributed by atoms with Gasteiger partial charge in [-0.3, -0.25) is 5.10 Å². The van der Waals surface area contributed by atoms with E-state index in [2.05, 4.69) is 23.4 Å². The van der Waals surface area contributed by atoms with Crippen LogP contribution in [0.2, 0.25) is 0 Å². The van der Waals surface area contributed by atoms with Gasteiger partial charge in [0, 0.05) is 11.8 Å². The predicted molar refractivity (Wildman–Crippen MR) is 62.8 cm³/mol. The molecule has 1 aromatic heterocycles. The van der Waals surface area contributed by atoms with E-state index in [4.69, 9.17) is 5.41 Å². The summed E-state index contributed by atoms with van der Waals surface area (Å²) in [5.74, 6) is 0. The lowest BCUT2D eigenvalue weighted by molar-refractivity contribution is 1.09. The molecule has 2 N–H and O–H groups in total. The highest BCUT2D eigenvalue weighted by atomic mass is 15.1. The molecule has 78 valence electrons. The van der Waals surface area contributed by atoms with Crippen molar-refractivity contribution in [1.82, 2.24) is 10.2 Å². The molecule has 0 radical (unpaired) electrons. The molecule has 0 unspecified atom stereocenters. The second-order valence-corrected chi connectivity index (χ2v) is 2.01. The maximum atomic E-state index is 7.22. The Bertz CT molecular complexity index is 248. The molecule has 1 rings (SSSR count). The Morgan fingerprint density at radius 1 is 1.50 bits per heavy atom. The number of aromatic amines is 1. The number of nitrogens with zero attached hydrogens (tertiary/aromatic N) is 1. The van der Waals surface area contributed by atoms with Gasteiger partial charge in [-0.05, 0) is 13.0 Å². The fraction of sp³-hybridized carbons (Fsp3) is 0.273. The van der Waals surface area contributed by atoms with Crippen LogP contribution in [-0.4, -0.2) is 15.9 Å². The van der Waals surface area contributed by atoms with E-state index >= 15 is 0 Å². The first-order valence-corrected chi connectivity index (χ1v) is 4.53. The molecule has 1 heterocycles. The van der Waals surface area contributed by atoms with Crippen LogP contribution in [-0.2, 0) is 0 Å². The Kier molecular flexibility index (Phi) is 12.1. The van der Waals surface area contributed by atoms with Crippen LogP contribution in [0.4, 0.5) is 0 Å². The minimum Gasteiger partial charge on any atom is -0.300 e. The van der Waals surface area contributed by atoms with Crippen molar-refractivity contribution in [2.45, 2.75) is 20.8 Å². The average molecular weight is 193 g/mol. The third-order valence-corrected chi connectivity index (χ3v) is 1.01. The van der Waals surface area contributed by atoms with Gasteiger partial charge >= 0.3 is 0 Å². The third-order valence-electron chi connectivity index (χ3n) is 1.01. The summed E-state index contributed by atoms with van der Waals surface area (Å²) < 4.78 is 0. The molecule has 0 amide bonds. The zero-order valence-electron chi connectivity index (χ0n) is 9.17. The van der Waals surface area contributed by atoms with Crippen molar-refractivity contribution in [2.24, 2.45) is 0 Å². The minimum absolute atomic E-state index is 0.392. The summed E-state index contributed by atoms with van der Waals surface area (Å²) in [4.78, 5) is 0. The van der Waals surface area contributed by atoms with Crippen LogP contribution >= 0.6 is 0 Å². The van der Waals surface area contributed by atoms with Crippen LogP contribution in [0.25, 0.3) is 0 Å². The number of H-pyrrole nitrogens is 1. The number of rotatable bonds is 2. The lowest BCUT2D eigenvalue weighted by Gasteiger charge is -1.85. The normalized spacial score (nSPS) is 7.07. The van der Waals surface area contributed by atoms with Gasteiger partial charge in [-0.2, -0.15) is 5.10 Å². The summed E-state index contributed by atoms with van der Waals surface area (Å²) in [6.07, 6.45) is 6.47. The van der Waals surface area contributed by atoms with Crippen LogP contribution in [0.1, 0.15) is 26.3 Å². The summed E-state index contributed by atoms with van der Waals surface area (Å²) in [7, 11) is 0. The standard InChI is InChI=1S/C6H7N3.C3H6.C2H6/c1-2-6(7)5-3-8-9-4-5;1-3-2;1-2/h2-4,7H,1H2,(H,8,9);3H,1H2,2H3;1-2H3. The van der Waals surface area contributed by atoms with E-state index in [-0.39, 0.29) is 0 Å². The second-order valence-electron chi connectivity index (χ2n) is 2.01. The van der Waals surface area contributed by atoms with Gasteiger partial charge in [-0.15, -0.1) is 6.58 Å². The molecule has 0 spiro atoms. The summed E-state index contributed by atoms with van der Waals surface area (Å²) in [5, 5.41) is 13.5. The molecule has 3 nitrogen and oxygen atoms in total. The fourth-order valence-corrected chi connectivity index (χ4v) is 0.516. The summed E-state index contributed by atoms with van der Waals surface area (Å²) >= 11 is 0. The quantitative estimate of drug-likeness (QED) is 0.550. The molecule has 1 aromatic rings. The van der Waals surface area contributed by atoms with Crippen molar-refractivity contribution in [3.05, 3.63) is 43.3 Å². The van der Waals surface area contributed by atoms with Gasteiger partial charge in [0.1, 0.15) is 0 Å². The van der Waals surface area contributed by atoms with Gasteiger partial charge in [0.25, 0.3) is 0 Å². The van der Waals surface area contributed by atoms with Gasteiger partial charge in [0.2, 0.25) is 0 Å². The number of aromatic nitrogens is 2. The van der Waals surface area contributed by atoms with E-state index in [1.165, 1.54) is 6.08 Å². The van der Waals surface area contributed by atoms with Gasteiger partial charge < -0.3 is 5.41 Å². The van der Waals surface area contributed by atoms with Crippen molar-refractivity contribution < 1.29 is 0 Å². The molecule has 0 aliphatic heterocycles. The number of hydrogen-bond acceptors (Lipinski definition) is 2. The molecule has 0 fully saturated rings. The van der Waals surface area contributed by atoms with Gasteiger partial charge in [-0.25, -0.2) is 0 Å². The van der Waals surface area contributed by atoms with Crippen LogP contribution in [0.3, 0.4) is 0 Å². The van der Waals surface area contributed by atoms with Crippen LogP contribution < -0.4 is 0 Å². The average Bonchev–Trinajstić information content (AvgIpc) is 2.74. The van der Waals surface area contributed by atoms with Gasteiger partial charge in [-0.1, -0.05) is 26.5 Å². The molecular formula is C11H19N3. The first-order chi connectivity index (χ1) is 6.76. The first kappa shape index (κ1) is 14.9. The van der Waals surface area contributed by atoms with Crippen molar-refractivity contribution in [2.75, 3.05) is 0 Å². The van der Waals surface area contributed by atoms with Crippen molar-refractivity contribution in [1.29, 1.82) is 5.41 Å². The van der Waals surface area contributed by atoms with Crippen LogP contribution in [0.5, 0.6) is 0 Å². The van der Waals surface area contributed by atoms with Crippen molar-refractivity contribution in [3.63, 3.8) is 0 Å². The number of allylic oxidation sites excluding steroid dienone is 2. The van der Waals surface area contributed by atoms with Crippen molar-refractivity contribution >= 4 is 5.71 Å². The number of nitrogens with one attached hydrogen (secondary N) is 2. The molecule has 0 aromatic carbocycles. The smallest absolute Gasteiger partial charge is 0.0637 e. The topological polar surface area (TPSA) is 52.5 Å². The lowest BCUT2D eigenvalue weighted by Crippen LogP contribution is -1.88. The Hall–Kier alpha value is -1.64. The molecule has 3 heteroatoms. The lowest BCUT2D eigenvalue weighted by atomic mass is 10.2. The van der Waals surface area contributed by atoms with E-state index in [9.17, 15) is 0 Å². The molecule has 14 heavy (non-hydrogen) atoms. The Morgan fingerprint density at radius 3 is 2.29 bits per heavy atom. The SMILES string of the molecule is C=CC.C=CC(=N)c1cn[nH]c1.CC. The molecule has 0 saturated heterocycles. The molecule has 0 aliphatic carbocycles.